The van der Waals surface area contributed by atoms with E-state index in [1.165, 1.54) is 0 Å². The van der Waals surface area contributed by atoms with Crippen molar-refractivity contribution < 1.29 is 13.9 Å². The van der Waals surface area contributed by atoms with Gasteiger partial charge >= 0.3 is 0 Å². The number of furan rings is 1. The van der Waals surface area contributed by atoms with Crippen molar-refractivity contribution in [2.45, 2.75) is 25.8 Å². The molecule has 0 unspecified atom stereocenters. The van der Waals surface area contributed by atoms with Gasteiger partial charge in [-0.1, -0.05) is 0 Å². The third-order valence-electron chi connectivity index (χ3n) is 2.40. The first-order valence-corrected chi connectivity index (χ1v) is 5.84. The van der Waals surface area contributed by atoms with Crippen molar-refractivity contribution in [1.82, 2.24) is 5.32 Å². The summed E-state index contributed by atoms with van der Waals surface area (Å²) in [5.74, 6) is 0.758. The Bertz CT molecular complexity index is 336. The molecular formula is C12H20N2O3. The number of rotatable bonds is 8. The first kappa shape index (κ1) is 13.7. The molecule has 0 bridgehead atoms. The minimum Gasteiger partial charge on any atom is -0.455 e. The summed E-state index contributed by atoms with van der Waals surface area (Å²) in [4.78, 5) is 11.6. The molecule has 0 aliphatic carbocycles. The molecule has 0 aliphatic heterocycles. The van der Waals surface area contributed by atoms with Gasteiger partial charge in [-0.15, -0.1) is 0 Å². The maximum atomic E-state index is 11.6. The number of carbonyl (C=O) groups is 1. The standard InChI is InChI=1S/C12H20N2O3/c1-16-8-4-2-3-7-14-12(15)11-6-5-10(9-13)17-11/h5-6H,2-4,7-9,13H2,1H3,(H,14,15). The van der Waals surface area contributed by atoms with Gasteiger partial charge in [-0.25, -0.2) is 0 Å². The lowest BCUT2D eigenvalue weighted by molar-refractivity contribution is 0.0923. The Morgan fingerprint density at radius 1 is 1.41 bits per heavy atom. The van der Waals surface area contributed by atoms with Gasteiger partial charge in [0.05, 0.1) is 6.54 Å². The van der Waals surface area contributed by atoms with Gasteiger partial charge in [-0.05, 0) is 31.4 Å². The molecule has 0 aromatic carbocycles. The van der Waals surface area contributed by atoms with E-state index in [1.54, 1.807) is 19.2 Å². The zero-order valence-electron chi connectivity index (χ0n) is 10.2. The van der Waals surface area contributed by atoms with E-state index < -0.39 is 0 Å². The Balaban J connectivity index is 2.16. The van der Waals surface area contributed by atoms with Gasteiger partial charge in [-0.2, -0.15) is 0 Å². The molecule has 5 heteroatoms. The monoisotopic (exact) mass is 240 g/mol. The summed E-state index contributed by atoms with van der Waals surface area (Å²) in [6.07, 6.45) is 3.00. The highest BCUT2D eigenvalue weighted by Crippen LogP contribution is 2.06. The van der Waals surface area contributed by atoms with Crippen LogP contribution in [-0.2, 0) is 11.3 Å². The summed E-state index contributed by atoms with van der Waals surface area (Å²) < 4.78 is 10.2. The minimum absolute atomic E-state index is 0.184. The molecule has 3 N–H and O–H groups in total. The Labute approximate surface area is 101 Å². The second-order valence-corrected chi connectivity index (χ2v) is 3.78. The molecule has 0 radical (unpaired) electrons. The number of hydrogen-bond donors (Lipinski definition) is 2. The van der Waals surface area contributed by atoms with Crippen LogP contribution in [0.4, 0.5) is 0 Å². The van der Waals surface area contributed by atoms with E-state index in [9.17, 15) is 4.79 Å². The zero-order valence-corrected chi connectivity index (χ0v) is 10.2. The molecule has 0 spiro atoms. The fourth-order valence-corrected chi connectivity index (χ4v) is 1.45. The summed E-state index contributed by atoms with van der Waals surface area (Å²) in [6.45, 7) is 1.73. The van der Waals surface area contributed by atoms with Crippen molar-refractivity contribution in [2.75, 3.05) is 20.3 Å². The van der Waals surface area contributed by atoms with Crippen LogP contribution >= 0.6 is 0 Å². The van der Waals surface area contributed by atoms with Gasteiger partial charge in [-0.3, -0.25) is 4.79 Å². The maximum absolute atomic E-state index is 11.6. The lowest BCUT2D eigenvalue weighted by Gasteiger charge is -2.03. The van der Waals surface area contributed by atoms with Crippen molar-refractivity contribution in [3.8, 4) is 0 Å². The van der Waals surface area contributed by atoms with Gasteiger partial charge in [0.15, 0.2) is 5.76 Å². The fraction of sp³-hybridized carbons (Fsp3) is 0.583. The molecule has 0 saturated carbocycles. The number of methoxy groups -OCH3 is 1. The van der Waals surface area contributed by atoms with E-state index in [-0.39, 0.29) is 5.91 Å². The highest BCUT2D eigenvalue weighted by atomic mass is 16.5. The van der Waals surface area contributed by atoms with Crippen molar-refractivity contribution >= 4 is 5.91 Å². The van der Waals surface area contributed by atoms with Crippen LogP contribution in [0.1, 0.15) is 35.6 Å². The molecule has 5 nitrogen and oxygen atoms in total. The van der Waals surface area contributed by atoms with E-state index in [1.807, 2.05) is 0 Å². The topological polar surface area (TPSA) is 77.5 Å². The Morgan fingerprint density at radius 2 is 2.24 bits per heavy atom. The van der Waals surface area contributed by atoms with Crippen LogP contribution in [-0.4, -0.2) is 26.2 Å². The fourth-order valence-electron chi connectivity index (χ4n) is 1.45. The number of unbranched alkanes of at least 4 members (excludes halogenated alkanes) is 2. The van der Waals surface area contributed by atoms with E-state index in [4.69, 9.17) is 14.9 Å². The number of nitrogens with two attached hydrogens (primary N) is 1. The van der Waals surface area contributed by atoms with E-state index in [0.29, 0.717) is 24.6 Å². The Morgan fingerprint density at radius 3 is 2.88 bits per heavy atom. The van der Waals surface area contributed by atoms with Crippen LogP contribution in [0.5, 0.6) is 0 Å². The van der Waals surface area contributed by atoms with E-state index >= 15 is 0 Å². The van der Waals surface area contributed by atoms with Gasteiger partial charge in [0.25, 0.3) is 5.91 Å². The van der Waals surface area contributed by atoms with E-state index in [0.717, 1.165) is 25.9 Å². The molecule has 96 valence electrons. The Kier molecular flexibility index (Phi) is 6.35. The third-order valence-corrected chi connectivity index (χ3v) is 2.40. The largest absolute Gasteiger partial charge is 0.455 e. The lowest BCUT2D eigenvalue weighted by atomic mass is 10.2. The highest BCUT2D eigenvalue weighted by molar-refractivity contribution is 5.91. The van der Waals surface area contributed by atoms with Crippen LogP contribution in [0.3, 0.4) is 0 Å². The normalized spacial score (nSPS) is 10.5. The lowest BCUT2D eigenvalue weighted by Crippen LogP contribution is -2.24. The molecule has 0 aliphatic rings. The molecule has 0 atom stereocenters. The van der Waals surface area contributed by atoms with Crippen LogP contribution in [0.2, 0.25) is 0 Å². The predicted molar refractivity (Wildman–Crippen MR) is 64.7 cm³/mol. The van der Waals surface area contributed by atoms with Gasteiger partial charge in [0.2, 0.25) is 0 Å². The molecule has 0 saturated heterocycles. The first-order chi connectivity index (χ1) is 8.27. The van der Waals surface area contributed by atoms with Gasteiger partial charge in [0, 0.05) is 20.3 Å². The molecule has 1 heterocycles. The minimum atomic E-state index is -0.184. The molecule has 1 aromatic rings. The van der Waals surface area contributed by atoms with Gasteiger partial charge in [0.1, 0.15) is 5.76 Å². The van der Waals surface area contributed by atoms with Crippen LogP contribution in [0.15, 0.2) is 16.5 Å². The molecule has 1 amide bonds. The number of ether oxygens (including phenoxy) is 1. The maximum Gasteiger partial charge on any atom is 0.286 e. The number of hydrogen-bond acceptors (Lipinski definition) is 4. The van der Waals surface area contributed by atoms with Crippen molar-refractivity contribution in [3.63, 3.8) is 0 Å². The molecule has 1 aromatic heterocycles. The second kappa shape index (κ2) is 7.86. The number of amides is 1. The average Bonchev–Trinajstić information content (AvgIpc) is 2.82. The van der Waals surface area contributed by atoms with Crippen LogP contribution < -0.4 is 11.1 Å². The molecular weight excluding hydrogens is 220 g/mol. The smallest absolute Gasteiger partial charge is 0.286 e. The number of nitrogens with one attached hydrogen (secondary N) is 1. The summed E-state index contributed by atoms with van der Waals surface area (Å²) >= 11 is 0. The van der Waals surface area contributed by atoms with E-state index in [2.05, 4.69) is 5.32 Å². The first-order valence-electron chi connectivity index (χ1n) is 5.84. The van der Waals surface area contributed by atoms with Gasteiger partial charge < -0.3 is 20.2 Å². The average molecular weight is 240 g/mol. The summed E-state index contributed by atoms with van der Waals surface area (Å²) in [5.41, 5.74) is 5.39. The summed E-state index contributed by atoms with van der Waals surface area (Å²) in [5, 5.41) is 2.80. The van der Waals surface area contributed by atoms with Crippen molar-refractivity contribution in [3.05, 3.63) is 23.7 Å². The van der Waals surface area contributed by atoms with Crippen LogP contribution in [0.25, 0.3) is 0 Å². The zero-order chi connectivity index (χ0) is 12.5. The second-order valence-electron chi connectivity index (χ2n) is 3.78. The summed E-state index contributed by atoms with van der Waals surface area (Å²) in [6, 6.07) is 3.36. The number of carbonyl (C=O) groups excluding carboxylic acids is 1. The third kappa shape index (κ3) is 5.01. The molecule has 0 fully saturated rings. The Hall–Kier alpha value is -1.33. The predicted octanol–water partition coefficient (Wildman–Crippen LogP) is 1.28. The van der Waals surface area contributed by atoms with Crippen LogP contribution in [0, 0.1) is 0 Å². The highest BCUT2D eigenvalue weighted by Gasteiger charge is 2.09. The molecule has 1 rings (SSSR count). The van der Waals surface area contributed by atoms with Crippen molar-refractivity contribution in [1.29, 1.82) is 0 Å². The molecule has 17 heavy (non-hydrogen) atoms. The summed E-state index contributed by atoms with van der Waals surface area (Å²) in [7, 11) is 1.69. The SMILES string of the molecule is COCCCCCNC(=O)c1ccc(CN)o1. The van der Waals surface area contributed by atoms with Crippen molar-refractivity contribution in [2.24, 2.45) is 5.73 Å². The quantitative estimate of drug-likeness (QED) is 0.671.